The van der Waals surface area contributed by atoms with Gasteiger partial charge in [0.15, 0.2) is 10.8 Å². The number of para-hydroxylation sites is 1. The molecule has 0 aliphatic rings. The Morgan fingerprint density at radius 2 is 1.73 bits per heavy atom. The monoisotopic (exact) mass is 379 g/mol. The van der Waals surface area contributed by atoms with E-state index in [1.165, 1.54) is 11.8 Å². The fraction of sp³-hybridized carbons (Fsp3) is 0.0500. The van der Waals surface area contributed by atoms with Crippen molar-refractivity contribution >= 4 is 34.4 Å². The molecular weight excluding hydrogens is 366 g/mol. The summed E-state index contributed by atoms with van der Waals surface area (Å²) in [6.45, 7) is 0. The van der Waals surface area contributed by atoms with Crippen LogP contribution >= 0.6 is 23.4 Å². The predicted molar refractivity (Wildman–Crippen MR) is 106 cm³/mol. The molecule has 0 atom stereocenters. The molecule has 2 aromatic heterocycles. The van der Waals surface area contributed by atoms with Crippen LogP contribution in [0.1, 0.15) is 5.56 Å². The van der Waals surface area contributed by atoms with E-state index in [1.807, 2.05) is 54.6 Å². The molecular formula is C20H14ClN3OS. The summed E-state index contributed by atoms with van der Waals surface area (Å²) in [4.78, 5) is 21.9. The molecule has 4 nitrogen and oxygen atoms in total. The van der Waals surface area contributed by atoms with Gasteiger partial charge < -0.3 is 0 Å². The van der Waals surface area contributed by atoms with Gasteiger partial charge >= 0.3 is 0 Å². The number of nitrogens with zero attached hydrogens (tertiary/aromatic N) is 3. The van der Waals surface area contributed by atoms with Crippen molar-refractivity contribution < 1.29 is 0 Å². The summed E-state index contributed by atoms with van der Waals surface area (Å²) in [5.74, 6) is 0.608. The van der Waals surface area contributed by atoms with Crippen molar-refractivity contribution in [3.8, 4) is 5.69 Å². The fourth-order valence-corrected chi connectivity index (χ4v) is 3.95. The van der Waals surface area contributed by atoms with Crippen LogP contribution in [0.2, 0.25) is 5.02 Å². The molecule has 0 saturated carbocycles. The molecule has 6 heteroatoms. The van der Waals surface area contributed by atoms with Gasteiger partial charge in [-0.15, -0.1) is 0 Å². The maximum absolute atomic E-state index is 13.1. The van der Waals surface area contributed by atoms with E-state index in [0.29, 0.717) is 27.0 Å². The van der Waals surface area contributed by atoms with Crippen LogP contribution in [0.25, 0.3) is 16.7 Å². The average molecular weight is 380 g/mol. The van der Waals surface area contributed by atoms with Crippen LogP contribution in [0.4, 0.5) is 0 Å². The lowest BCUT2D eigenvalue weighted by atomic mass is 10.2. The zero-order chi connectivity index (χ0) is 17.9. The summed E-state index contributed by atoms with van der Waals surface area (Å²) in [5, 5.41) is 1.79. The molecule has 0 spiro atoms. The SMILES string of the molecule is O=c1c2cccnc2nc(SCc2ccccc2Cl)n1-c1ccccc1. The van der Waals surface area contributed by atoms with Gasteiger partial charge in [0, 0.05) is 17.0 Å². The maximum Gasteiger partial charge on any atom is 0.268 e. The van der Waals surface area contributed by atoms with E-state index in [2.05, 4.69) is 9.97 Å². The Labute approximate surface area is 159 Å². The van der Waals surface area contributed by atoms with E-state index in [9.17, 15) is 4.79 Å². The van der Waals surface area contributed by atoms with E-state index in [1.54, 1.807) is 22.9 Å². The first-order valence-electron chi connectivity index (χ1n) is 8.03. The third kappa shape index (κ3) is 3.23. The van der Waals surface area contributed by atoms with Crippen LogP contribution < -0.4 is 5.56 Å². The van der Waals surface area contributed by atoms with Gasteiger partial charge in [-0.2, -0.15) is 0 Å². The minimum atomic E-state index is -0.129. The highest BCUT2D eigenvalue weighted by Crippen LogP contribution is 2.27. The third-order valence-corrected chi connectivity index (χ3v) is 5.30. The molecule has 0 saturated heterocycles. The Morgan fingerprint density at radius 3 is 2.54 bits per heavy atom. The zero-order valence-corrected chi connectivity index (χ0v) is 15.2. The molecule has 26 heavy (non-hydrogen) atoms. The number of benzene rings is 2. The second-order valence-electron chi connectivity index (χ2n) is 5.63. The molecule has 4 rings (SSSR count). The molecule has 4 aromatic rings. The summed E-state index contributed by atoms with van der Waals surface area (Å²) >= 11 is 7.72. The lowest BCUT2D eigenvalue weighted by Crippen LogP contribution is -2.22. The molecule has 2 aromatic carbocycles. The Morgan fingerprint density at radius 1 is 0.962 bits per heavy atom. The fourth-order valence-electron chi connectivity index (χ4n) is 2.66. The predicted octanol–water partition coefficient (Wildman–Crippen LogP) is 4.73. The first-order valence-corrected chi connectivity index (χ1v) is 9.40. The quantitative estimate of drug-likeness (QED) is 0.380. The van der Waals surface area contributed by atoms with Gasteiger partial charge in [-0.1, -0.05) is 59.8 Å². The minimum absolute atomic E-state index is 0.129. The van der Waals surface area contributed by atoms with Gasteiger partial charge in [0.2, 0.25) is 0 Å². The molecule has 0 bridgehead atoms. The number of halogens is 1. The van der Waals surface area contributed by atoms with Gasteiger partial charge in [0.1, 0.15) is 0 Å². The normalized spacial score (nSPS) is 11.0. The van der Waals surface area contributed by atoms with Crippen LogP contribution in [0, 0.1) is 0 Å². The molecule has 0 aliphatic heterocycles. The molecule has 2 heterocycles. The molecule has 0 fully saturated rings. The summed E-state index contributed by atoms with van der Waals surface area (Å²) in [5.41, 5.74) is 2.09. The van der Waals surface area contributed by atoms with Crippen LogP contribution in [0.3, 0.4) is 0 Å². The van der Waals surface area contributed by atoms with Crippen molar-refractivity contribution in [2.45, 2.75) is 10.9 Å². The molecule has 0 amide bonds. The van der Waals surface area contributed by atoms with Crippen LogP contribution in [-0.4, -0.2) is 14.5 Å². The number of hydrogen-bond donors (Lipinski definition) is 0. The van der Waals surface area contributed by atoms with Crippen LogP contribution in [-0.2, 0) is 5.75 Å². The largest absolute Gasteiger partial charge is 0.268 e. The first-order chi connectivity index (χ1) is 12.7. The van der Waals surface area contributed by atoms with Crippen molar-refractivity contribution in [2.75, 3.05) is 0 Å². The highest BCUT2D eigenvalue weighted by atomic mass is 35.5. The van der Waals surface area contributed by atoms with E-state index in [4.69, 9.17) is 11.6 Å². The Hall–Kier alpha value is -2.63. The van der Waals surface area contributed by atoms with E-state index < -0.39 is 0 Å². The van der Waals surface area contributed by atoms with Gasteiger partial charge in [-0.25, -0.2) is 9.97 Å². The van der Waals surface area contributed by atoms with E-state index >= 15 is 0 Å². The molecule has 0 N–H and O–H groups in total. The molecule has 0 radical (unpaired) electrons. The van der Waals surface area contributed by atoms with Crippen LogP contribution in [0.5, 0.6) is 0 Å². The van der Waals surface area contributed by atoms with Gasteiger partial charge in [-0.05, 0) is 35.9 Å². The summed E-state index contributed by atoms with van der Waals surface area (Å²) in [7, 11) is 0. The second kappa shape index (κ2) is 7.32. The zero-order valence-electron chi connectivity index (χ0n) is 13.7. The first kappa shape index (κ1) is 16.8. The Bertz CT molecular complexity index is 1130. The smallest absolute Gasteiger partial charge is 0.268 e. The van der Waals surface area contributed by atoms with Gasteiger partial charge in [0.05, 0.1) is 11.1 Å². The number of fused-ring (bicyclic) bond motifs is 1. The number of hydrogen-bond acceptors (Lipinski definition) is 4. The number of pyridine rings is 1. The number of aromatic nitrogens is 3. The molecule has 128 valence electrons. The minimum Gasteiger partial charge on any atom is -0.268 e. The van der Waals surface area contributed by atoms with E-state index in [-0.39, 0.29) is 5.56 Å². The third-order valence-electron chi connectivity index (χ3n) is 3.94. The summed E-state index contributed by atoms with van der Waals surface area (Å²) < 4.78 is 1.63. The van der Waals surface area contributed by atoms with Crippen molar-refractivity contribution in [2.24, 2.45) is 0 Å². The maximum atomic E-state index is 13.1. The van der Waals surface area contributed by atoms with Gasteiger partial charge in [0.25, 0.3) is 5.56 Å². The second-order valence-corrected chi connectivity index (χ2v) is 6.97. The standard InChI is InChI=1S/C20H14ClN3OS/c21-17-11-5-4-7-14(17)13-26-20-23-18-16(10-6-12-22-18)19(25)24(20)15-8-2-1-3-9-15/h1-12H,13H2. The lowest BCUT2D eigenvalue weighted by Gasteiger charge is -2.13. The van der Waals surface area contributed by atoms with Crippen molar-refractivity contribution in [1.82, 2.24) is 14.5 Å². The van der Waals surface area contributed by atoms with Crippen molar-refractivity contribution in [1.29, 1.82) is 0 Å². The van der Waals surface area contributed by atoms with Crippen molar-refractivity contribution in [3.05, 3.63) is 93.9 Å². The molecule has 0 aliphatic carbocycles. The number of thioether (sulfide) groups is 1. The van der Waals surface area contributed by atoms with E-state index in [0.717, 1.165) is 11.3 Å². The highest BCUT2D eigenvalue weighted by molar-refractivity contribution is 7.98. The van der Waals surface area contributed by atoms with Crippen molar-refractivity contribution in [3.63, 3.8) is 0 Å². The van der Waals surface area contributed by atoms with Gasteiger partial charge in [-0.3, -0.25) is 9.36 Å². The summed E-state index contributed by atoms with van der Waals surface area (Å²) in [6.07, 6.45) is 1.64. The Balaban J connectivity index is 1.84. The summed E-state index contributed by atoms with van der Waals surface area (Å²) in [6, 6.07) is 20.7. The lowest BCUT2D eigenvalue weighted by molar-refractivity contribution is 0.814. The topological polar surface area (TPSA) is 47.8 Å². The number of rotatable bonds is 4. The average Bonchev–Trinajstić information content (AvgIpc) is 2.68. The molecule has 0 unspecified atom stereocenters. The highest BCUT2D eigenvalue weighted by Gasteiger charge is 2.14. The Kier molecular flexibility index (Phi) is 4.73. The van der Waals surface area contributed by atoms with Crippen LogP contribution in [0.15, 0.2) is 82.9 Å².